The Labute approximate surface area is 236 Å². The van der Waals surface area contributed by atoms with Gasteiger partial charge in [0.2, 0.25) is 0 Å². The van der Waals surface area contributed by atoms with E-state index in [1.807, 2.05) is 85.8 Å². The van der Waals surface area contributed by atoms with Crippen molar-refractivity contribution in [1.82, 2.24) is 5.32 Å². The number of allylic oxidation sites excluding steroid dienone is 3. The molecule has 0 aromatic heterocycles. The smallest absolute Gasteiger partial charge is 0.336 e. The zero-order chi connectivity index (χ0) is 27.4. The van der Waals surface area contributed by atoms with Gasteiger partial charge in [0, 0.05) is 33.8 Å². The summed E-state index contributed by atoms with van der Waals surface area (Å²) < 4.78 is 17.5. The molecule has 5 rings (SSSR count). The number of rotatable bonds is 8. The van der Waals surface area contributed by atoms with Crippen LogP contribution in [-0.4, -0.2) is 32.1 Å². The Hall–Kier alpha value is -3.84. The van der Waals surface area contributed by atoms with Crippen molar-refractivity contribution in [2.75, 3.05) is 20.3 Å². The highest BCUT2D eigenvalue weighted by atomic mass is 79.9. The SMILES string of the molecule is COc1ccc([C@H]2CC(=O)C3=C(C2)NC(C)=C(C(=O)OCCOc2ccccc2)[C@@H]3c2cccc(Br)c2)cc1. The molecule has 2 aliphatic rings. The lowest BCUT2D eigenvalue weighted by atomic mass is 9.72. The van der Waals surface area contributed by atoms with E-state index >= 15 is 0 Å². The van der Waals surface area contributed by atoms with Crippen LogP contribution in [0.5, 0.6) is 11.5 Å². The molecule has 7 heteroatoms. The van der Waals surface area contributed by atoms with E-state index in [1.54, 1.807) is 7.11 Å². The second kappa shape index (κ2) is 11.9. The molecule has 0 saturated heterocycles. The molecule has 6 nitrogen and oxygen atoms in total. The molecule has 3 aromatic rings. The molecule has 0 amide bonds. The van der Waals surface area contributed by atoms with Gasteiger partial charge in [0.05, 0.1) is 12.7 Å². The van der Waals surface area contributed by atoms with Crippen molar-refractivity contribution in [1.29, 1.82) is 0 Å². The van der Waals surface area contributed by atoms with Crippen LogP contribution in [-0.2, 0) is 14.3 Å². The van der Waals surface area contributed by atoms with Crippen LogP contribution in [0.4, 0.5) is 0 Å². The van der Waals surface area contributed by atoms with Gasteiger partial charge < -0.3 is 19.5 Å². The number of nitrogens with one attached hydrogen (secondary N) is 1. The molecule has 0 fully saturated rings. The topological polar surface area (TPSA) is 73.9 Å². The number of ketones is 1. The number of carbonyl (C=O) groups excluding carboxylic acids is 2. The third-order valence-electron chi connectivity index (χ3n) is 7.15. The molecule has 200 valence electrons. The van der Waals surface area contributed by atoms with E-state index in [1.165, 1.54) is 0 Å². The average Bonchev–Trinajstić information content (AvgIpc) is 2.95. The van der Waals surface area contributed by atoms with Crippen molar-refractivity contribution in [3.05, 3.63) is 117 Å². The van der Waals surface area contributed by atoms with E-state index < -0.39 is 11.9 Å². The highest BCUT2D eigenvalue weighted by Gasteiger charge is 2.41. The van der Waals surface area contributed by atoms with Gasteiger partial charge in [0.25, 0.3) is 0 Å². The monoisotopic (exact) mass is 587 g/mol. The van der Waals surface area contributed by atoms with E-state index in [9.17, 15) is 9.59 Å². The van der Waals surface area contributed by atoms with Crippen LogP contribution in [0.25, 0.3) is 0 Å². The van der Waals surface area contributed by atoms with Crippen molar-refractivity contribution in [2.45, 2.75) is 31.6 Å². The minimum atomic E-state index is -0.523. The number of methoxy groups -OCH3 is 1. The summed E-state index contributed by atoms with van der Waals surface area (Å²) in [5.74, 6) is 0.574. The highest BCUT2D eigenvalue weighted by Crippen LogP contribution is 2.46. The number of hydrogen-bond acceptors (Lipinski definition) is 6. The molecule has 2 atom stereocenters. The Bertz CT molecular complexity index is 1430. The van der Waals surface area contributed by atoms with Gasteiger partial charge in [-0.05, 0) is 66.8 Å². The number of halogens is 1. The molecular weight excluding hydrogens is 558 g/mol. The van der Waals surface area contributed by atoms with Gasteiger partial charge in [-0.25, -0.2) is 4.79 Å². The van der Waals surface area contributed by atoms with E-state index in [-0.39, 0.29) is 24.9 Å². The Morgan fingerprint density at radius 1 is 0.923 bits per heavy atom. The first-order valence-corrected chi connectivity index (χ1v) is 13.7. The van der Waals surface area contributed by atoms with Gasteiger partial charge in [0.15, 0.2) is 5.78 Å². The van der Waals surface area contributed by atoms with Gasteiger partial charge in [-0.3, -0.25) is 4.79 Å². The first-order valence-electron chi connectivity index (χ1n) is 12.9. The first kappa shape index (κ1) is 26.8. The fraction of sp³-hybridized carbons (Fsp3) is 0.250. The first-order chi connectivity index (χ1) is 18.9. The summed E-state index contributed by atoms with van der Waals surface area (Å²) in [5, 5.41) is 3.40. The number of hydrogen-bond donors (Lipinski definition) is 1. The third kappa shape index (κ3) is 5.93. The number of ether oxygens (including phenoxy) is 3. The van der Waals surface area contributed by atoms with Crippen molar-refractivity contribution < 1.29 is 23.8 Å². The normalized spacial score (nSPS) is 18.8. The quantitative estimate of drug-likeness (QED) is 0.241. The zero-order valence-electron chi connectivity index (χ0n) is 21.9. The van der Waals surface area contributed by atoms with Crippen molar-refractivity contribution in [3.63, 3.8) is 0 Å². The zero-order valence-corrected chi connectivity index (χ0v) is 23.5. The number of Topliss-reactive ketones (excluding diaryl/α,β-unsaturated/α-hetero) is 1. The second-order valence-electron chi connectivity index (χ2n) is 9.64. The van der Waals surface area contributed by atoms with E-state index in [2.05, 4.69) is 21.2 Å². The summed E-state index contributed by atoms with van der Waals surface area (Å²) >= 11 is 3.55. The van der Waals surface area contributed by atoms with Crippen LogP contribution in [0.15, 0.2) is 106 Å². The molecule has 1 heterocycles. The second-order valence-corrected chi connectivity index (χ2v) is 10.6. The lowest BCUT2D eigenvalue weighted by molar-refractivity contribution is -0.140. The summed E-state index contributed by atoms with van der Waals surface area (Å²) in [6.07, 6.45) is 1.03. The maximum absolute atomic E-state index is 13.8. The van der Waals surface area contributed by atoms with Gasteiger partial charge >= 0.3 is 5.97 Å². The van der Waals surface area contributed by atoms with Gasteiger partial charge in [-0.15, -0.1) is 0 Å². The largest absolute Gasteiger partial charge is 0.497 e. The van der Waals surface area contributed by atoms with Crippen LogP contribution < -0.4 is 14.8 Å². The molecule has 1 N–H and O–H groups in total. The van der Waals surface area contributed by atoms with Crippen LogP contribution >= 0.6 is 15.9 Å². The minimum absolute atomic E-state index is 0.0276. The summed E-state index contributed by atoms with van der Waals surface area (Å²) in [4.78, 5) is 27.2. The predicted molar refractivity (Wildman–Crippen MR) is 153 cm³/mol. The highest BCUT2D eigenvalue weighted by molar-refractivity contribution is 9.10. The maximum atomic E-state index is 13.8. The van der Waals surface area contributed by atoms with E-state index in [0.29, 0.717) is 35.4 Å². The summed E-state index contributed by atoms with van der Waals surface area (Å²) in [5.41, 5.74) is 4.58. The van der Waals surface area contributed by atoms with Crippen LogP contribution in [0.1, 0.15) is 42.7 Å². The predicted octanol–water partition coefficient (Wildman–Crippen LogP) is 6.44. The molecule has 0 radical (unpaired) electrons. The average molecular weight is 588 g/mol. The van der Waals surface area contributed by atoms with Crippen LogP contribution in [0, 0.1) is 0 Å². The Morgan fingerprint density at radius 3 is 2.41 bits per heavy atom. The summed E-state index contributed by atoms with van der Waals surface area (Å²) in [6, 6.07) is 25.0. The van der Waals surface area contributed by atoms with Gasteiger partial charge in [-0.2, -0.15) is 0 Å². The molecule has 0 saturated carbocycles. The molecule has 0 bridgehead atoms. The summed E-state index contributed by atoms with van der Waals surface area (Å²) in [7, 11) is 1.64. The third-order valence-corrected chi connectivity index (χ3v) is 7.64. The number of dihydropyridines is 1. The molecule has 1 aliphatic heterocycles. The van der Waals surface area contributed by atoms with Crippen molar-refractivity contribution >= 4 is 27.7 Å². The van der Waals surface area contributed by atoms with Crippen LogP contribution in [0.2, 0.25) is 0 Å². The molecule has 0 unspecified atom stereocenters. The van der Waals surface area contributed by atoms with Gasteiger partial charge in [0.1, 0.15) is 24.7 Å². The number of para-hydroxylation sites is 1. The van der Waals surface area contributed by atoms with Gasteiger partial charge in [-0.1, -0.05) is 58.4 Å². The van der Waals surface area contributed by atoms with E-state index in [4.69, 9.17) is 14.2 Å². The fourth-order valence-corrected chi connectivity index (χ4v) is 5.75. The Kier molecular flexibility index (Phi) is 8.17. The number of esters is 1. The molecule has 39 heavy (non-hydrogen) atoms. The molecule has 3 aromatic carbocycles. The fourth-order valence-electron chi connectivity index (χ4n) is 5.33. The molecular formula is C32H30BrNO5. The van der Waals surface area contributed by atoms with Crippen molar-refractivity contribution in [3.8, 4) is 11.5 Å². The number of carbonyl (C=O) groups is 2. The molecule has 0 spiro atoms. The standard InChI is InChI=1S/C32H30BrNO5/c1-20-29(32(36)39-16-15-38-26-9-4-3-5-10-26)30(22-7-6-8-24(33)17-22)31-27(34-20)18-23(19-28(31)35)21-11-13-25(37-2)14-12-21/h3-14,17,23,30,34H,15-16,18-19H2,1-2H3/t23-,30+/m1/s1. The Balaban J connectivity index is 1.41. The minimum Gasteiger partial charge on any atom is -0.497 e. The Morgan fingerprint density at radius 2 is 1.69 bits per heavy atom. The van der Waals surface area contributed by atoms with E-state index in [0.717, 1.165) is 27.0 Å². The summed E-state index contributed by atoms with van der Waals surface area (Å²) in [6.45, 7) is 2.19. The molecule has 1 aliphatic carbocycles. The lowest BCUT2D eigenvalue weighted by Gasteiger charge is -2.36. The lowest BCUT2D eigenvalue weighted by Crippen LogP contribution is -2.36. The van der Waals surface area contributed by atoms with Crippen LogP contribution in [0.3, 0.4) is 0 Å². The van der Waals surface area contributed by atoms with Crippen molar-refractivity contribution in [2.24, 2.45) is 0 Å². The number of benzene rings is 3. The maximum Gasteiger partial charge on any atom is 0.336 e.